The van der Waals surface area contributed by atoms with E-state index in [1.165, 1.54) is 154 Å². The number of allylic oxidation sites excluding steroid dienone is 8. The second-order valence-electron chi connectivity index (χ2n) is 19.0. The second-order valence-corrected chi connectivity index (χ2v) is 19.0. The van der Waals surface area contributed by atoms with Crippen LogP contribution >= 0.6 is 0 Å². The van der Waals surface area contributed by atoms with Crippen molar-refractivity contribution in [2.75, 3.05) is 6.61 Å². The molecule has 0 aromatic rings. The molecule has 3 N–H and O–H groups in total. The van der Waals surface area contributed by atoms with Crippen LogP contribution in [-0.2, 0) is 14.3 Å². The van der Waals surface area contributed by atoms with Gasteiger partial charge in [0.1, 0.15) is 6.10 Å². The number of carbonyl (C=O) groups excluding carboxylic acids is 2. The van der Waals surface area contributed by atoms with Gasteiger partial charge < -0.3 is 20.3 Å². The predicted molar refractivity (Wildman–Crippen MR) is 278 cm³/mol. The zero-order valence-electron chi connectivity index (χ0n) is 42.7. The molecule has 6 heteroatoms. The third kappa shape index (κ3) is 46.4. The van der Waals surface area contributed by atoms with Crippen molar-refractivity contribution in [2.24, 2.45) is 0 Å². The van der Waals surface area contributed by atoms with Gasteiger partial charge in [-0.15, -0.1) is 0 Å². The summed E-state index contributed by atoms with van der Waals surface area (Å²) in [6.45, 7) is 6.44. The van der Waals surface area contributed by atoms with E-state index in [0.717, 1.165) is 83.5 Å². The van der Waals surface area contributed by atoms with Gasteiger partial charge >= 0.3 is 5.97 Å². The maximum Gasteiger partial charge on any atom is 0.306 e. The van der Waals surface area contributed by atoms with Crippen LogP contribution in [0.25, 0.3) is 0 Å². The van der Waals surface area contributed by atoms with E-state index in [1.54, 1.807) is 0 Å². The molecule has 0 rings (SSSR count). The van der Waals surface area contributed by atoms with Crippen LogP contribution in [0.2, 0.25) is 0 Å². The summed E-state index contributed by atoms with van der Waals surface area (Å²) in [5, 5.41) is 23.8. The second kappa shape index (κ2) is 51.8. The first-order valence-electron chi connectivity index (χ1n) is 27.9. The average molecular weight is 898 g/mol. The van der Waals surface area contributed by atoms with Gasteiger partial charge in [-0.05, 0) is 89.9 Å². The van der Waals surface area contributed by atoms with Crippen molar-refractivity contribution < 1.29 is 24.5 Å². The highest BCUT2D eigenvalue weighted by molar-refractivity contribution is 5.77. The number of hydrogen-bond acceptors (Lipinski definition) is 5. The monoisotopic (exact) mass is 898 g/mol. The average Bonchev–Trinajstić information content (AvgIpc) is 3.29. The summed E-state index contributed by atoms with van der Waals surface area (Å²) in [5.74, 6) is -0.482. The number of unbranched alkanes of at least 4 members (excludes halogenated alkanes) is 30. The van der Waals surface area contributed by atoms with Gasteiger partial charge in [-0.1, -0.05) is 230 Å². The molecule has 0 saturated carbocycles. The molecule has 374 valence electrons. The summed E-state index contributed by atoms with van der Waals surface area (Å²) in [5.41, 5.74) is 0. The van der Waals surface area contributed by atoms with Gasteiger partial charge in [0.05, 0.1) is 25.2 Å². The lowest BCUT2D eigenvalue weighted by molar-refractivity contribution is -0.151. The smallest absolute Gasteiger partial charge is 0.306 e. The minimum atomic E-state index is -0.791. The fraction of sp³-hybridized carbons (Fsp3) is 0.828. The minimum Gasteiger partial charge on any atom is -0.462 e. The maximum atomic E-state index is 13.2. The van der Waals surface area contributed by atoms with Crippen LogP contribution in [0, 0.1) is 0 Å². The fourth-order valence-corrected chi connectivity index (χ4v) is 8.37. The van der Waals surface area contributed by atoms with Gasteiger partial charge in [0.2, 0.25) is 5.91 Å². The van der Waals surface area contributed by atoms with Crippen LogP contribution < -0.4 is 5.32 Å². The lowest BCUT2D eigenvalue weighted by atomic mass is 10.0. The van der Waals surface area contributed by atoms with E-state index in [1.807, 2.05) is 0 Å². The molecule has 0 radical (unpaired) electrons. The molecular formula is C58H107NO5. The van der Waals surface area contributed by atoms with Crippen LogP contribution in [0.3, 0.4) is 0 Å². The Bertz CT molecular complexity index is 1100. The van der Waals surface area contributed by atoms with Crippen LogP contribution in [0.1, 0.15) is 284 Å². The van der Waals surface area contributed by atoms with E-state index in [2.05, 4.69) is 74.7 Å². The van der Waals surface area contributed by atoms with Crippen molar-refractivity contribution >= 4 is 11.9 Å². The number of aliphatic hydroxyl groups is 2. The summed E-state index contributed by atoms with van der Waals surface area (Å²) in [6, 6.07) is -0.705. The first kappa shape index (κ1) is 61.8. The number of aliphatic hydroxyl groups excluding tert-OH is 2. The number of esters is 1. The van der Waals surface area contributed by atoms with Gasteiger partial charge in [0, 0.05) is 6.42 Å². The molecule has 64 heavy (non-hydrogen) atoms. The highest BCUT2D eigenvalue weighted by Gasteiger charge is 2.24. The van der Waals surface area contributed by atoms with Crippen molar-refractivity contribution in [2.45, 2.75) is 302 Å². The van der Waals surface area contributed by atoms with Crippen molar-refractivity contribution in [3.8, 4) is 0 Å². The number of carbonyl (C=O) groups is 2. The molecule has 0 aliphatic carbocycles. The number of nitrogens with one attached hydrogen (secondary N) is 1. The van der Waals surface area contributed by atoms with E-state index in [4.69, 9.17) is 4.74 Å². The summed E-state index contributed by atoms with van der Waals surface area (Å²) in [6.07, 6.45) is 63.1. The fourth-order valence-electron chi connectivity index (χ4n) is 8.37. The molecule has 6 nitrogen and oxygen atoms in total. The molecule has 3 atom stereocenters. The minimum absolute atomic E-state index is 0.0699. The van der Waals surface area contributed by atoms with E-state index in [-0.39, 0.29) is 24.9 Å². The zero-order chi connectivity index (χ0) is 46.7. The Labute approximate surface area is 397 Å². The Balaban J connectivity index is 4.59. The summed E-state index contributed by atoms with van der Waals surface area (Å²) < 4.78 is 5.95. The number of amides is 1. The Morgan fingerprint density at radius 2 is 0.797 bits per heavy atom. The molecule has 0 spiro atoms. The molecule has 0 aliphatic heterocycles. The topological polar surface area (TPSA) is 95.9 Å². The Kier molecular flexibility index (Phi) is 50.0. The van der Waals surface area contributed by atoms with E-state index < -0.39 is 18.2 Å². The normalized spacial score (nSPS) is 13.5. The van der Waals surface area contributed by atoms with Gasteiger partial charge in [-0.25, -0.2) is 0 Å². The number of ether oxygens (including phenoxy) is 1. The largest absolute Gasteiger partial charge is 0.462 e. The van der Waals surface area contributed by atoms with Gasteiger partial charge in [0.25, 0.3) is 0 Å². The van der Waals surface area contributed by atoms with E-state index in [0.29, 0.717) is 19.3 Å². The molecular weight excluding hydrogens is 791 g/mol. The first-order chi connectivity index (χ1) is 31.5. The highest BCUT2D eigenvalue weighted by Crippen LogP contribution is 2.18. The first-order valence-corrected chi connectivity index (χ1v) is 27.9. The molecule has 0 aromatic carbocycles. The molecule has 0 bridgehead atoms. The van der Waals surface area contributed by atoms with E-state index >= 15 is 0 Å². The Morgan fingerprint density at radius 3 is 1.22 bits per heavy atom. The number of rotatable bonds is 50. The van der Waals surface area contributed by atoms with E-state index in [9.17, 15) is 19.8 Å². The molecule has 0 aromatic heterocycles. The lowest BCUT2D eigenvalue weighted by Gasteiger charge is -2.24. The van der Waals surface area contributed by atoms with Crippen LogP contribution in [0.5, 0.6) is 0 Å². The quantitative estimate of drug-likeness (QED) is 0.0321. The maximum absolute atomic E-state index is 13.2. The highest BCUT2D eigenvalue weighted by atomic mass is 16.5. The summed E-state index contributed by atoms with van der Waals surface area (Å²) in [4.78, 5) is 26.2. The van der Waals surface area contributed by atoms with Crippen LogP contribution in [0.4, 0.5) is 0 Å². The lowest BCUT2D eigenvalue weighted by Crippen LogP contribution is -2.46. The van der Waals surface area contributed by atoms with Crippen molar-refractivity contribution in [1.29, 1.82) is 0 Å². The molecule has 0 saturated heterocycles. The van der Waals surface area contributed by atoms with Gasteiger partial charge in [0.15, 0.2) is 0 Å². The van der Waals surface area contributed by atoms with Gasteiger partial charge in [-0.2, -0.15) is 0 Å². The standard InChI is InChI=1S/C58H107NO5/c1-4-7-10-13-16-19-22-24-26-28-30-32-35-37-40-43-46-49-54(52-57(62)59-55(53-60)56(61)50-47-44-41-38-34-21-18-15-12-9-6-3)64-58(63)51-48-45-42-39-36-33-31-29-27-25-23-20-17-14-11-8-5-2/h16-17,19-20,24-27,54-56,60-61H,4-15,18,21-23,28-53H2,1-3H3,(H,59,62)/b19-16-,20-17-,26-24-,27-25-. The van der Waals surface area contributed by atoms with Crippen LogP contribution in [-0.4, -0.2) is 46.9 Å². The summed E-state index contributed by atoms with van der Waals surface area (Å²) >= 11 is 0. The number of hydrogen-bond donors (Lipinski definition) is 3. The van der Waals surface area contributed by atoms with Crippen molar-refractivity contribution in [3.05, 3.63) is 48.6 Å². The SMILES string of the molecule is CCCCC/C=C\C/C=C\CCCCCCCCCC(=O)OC(CCCCCCCCC/C=C\C/C=C\CCCCC)CC(=O)NC(CO)C(O)CCCCCCCCCCCCC. The molecule has 3 unspecified atom stereocenters. The van der Waals surface area contributed by atoms with Crippen molar-refractivity contribution in [1.82, 2.24) is 5.32 Å². The molecule has 1 amide bonds. The Hall–Kier alpha value is -2.18. The van der Waals surface area contributed by atoms with Crippen LogP contribution in [0.15, 0.2) is 48.6 Å². The predicted octanol–water partition coefficient (Wildman–Crippen LogP) is 17.0. The third-order valence-corrected chi connectivity index (χ3v) is 12.6. The molecule has 0 fully saturated rings. The zero-order valence-corrected chi connectivity index (χ0v) is 42.7. The Morgan fingerprint density at radius 1 is 0.453 bits per heavy atom. The van der Waals surface area contributed by atoms with Gasteiger partial charge in [-0.3, -0.25) is 9.59 Å². The molecule has 0 heterocycles. The summed E-state index contributed by atoms with van der Waals surface area (Å²) in [7, 11) is 0. The van der Waals surface area contributed by atoms with Crippen molar-refractivity contribution in [3.63, 3.8) is 0 Å². The third-order valence-electron chi connectivity index (χ3n) is 12.6. The molecule has 0 aliphatic rings.